The monoisotopic (exact) mass is 221 g/mol. The van der Waals surface area contributed by atoms with Crippen LogP contribution >= 0.6 is 11.6 Å². The second-order valence-corrected chi connectivity index (χ2v) is 6.66. The highest BCUT2D eigenvalue weighted by molar-refractivity contribution is 7.85. The Hall–Kier alpha value is 0.110. The summed E-state index contributed by atoms with van der Waals surface area (Å²) in [6.07, 6.45) is 1.87. The Morgan fingerprint density at radius 1 is 1.54 bits per heavy atom. The van der Waals surface area contributed by atoms with Crippen LogP contribution in [-0.4, -0.2) is 20.5 Å². The van der Waals surface area contributed by atoms with Gasteiger partial charge in [-0.1, -0.05) is 0 Å². The highest BCUT2D eigenvalue weighted by atomic mass is 35.5. The first-order valence-corrected chi connectivity index (χ1v) is 6.12. The number of halogens is 1. The largest absolute Gasteiger partial charge is 0.234 e. The first kappa shape index (κ1) is 11.2. The predicted molar refractivity (Wildman–Crippen MR) is 58.8 cm³/mol. The molecule has 1 rings (SSSR count). The summed E-state index contributed by atoms with van der Waals surface area (Å²) >= 11 is 5.66. The van der Waals surface area contributed by atoms with E-state index in [1.807, 2.05) is 20.8 Å². The summed E-state index contributed by atoms with van der Waals surface area (Å²) < 4.78 is 15.5. The molecular weight excluding hydrogens is 206 g/mol. The Morgan fingerprint density at radius 3 is 2.46 bits per heavy atom. The highest BCUT2D eigenvalue weighted by Crippen LogP contribution is 2.27. The topological polar surface area (TPSA) is 29.4 Å². The van der Waals surface area contributed by atoms with E-state index in [0.29, 0.717) is 11.8 Å². The molecule has 0 amide bonds. The first-order chi connectivity index (χ1) is 5.93. The van der Waals surface area contributed by atoms with E-state index in [0.717, 1.165) is 18.6 Å². The number of hydrogen-bond donors (Lipinski definition) is 0. The minimum Gasteiger partial charge on any atom is -0.234 e. The van der Waals surface area contributed by atoms with Gasteiger partial charge in [0, 0.05) is 11.6 Å². The molecule has 1 aliphatic rings. The second-order valence-electron chi connectivity index (χ2n) is 4.45. The van der Waals surface area contributed by atoms with Crippen molar-refractivity contribution >= 4 is 28.3 Å². The summed E-state index contributed by atoms with van der Waals surface area (Å²) in [4.78, 5) is 0. The summed E-state index contributed by atoms with van der Waals surface area (Å²) in [6.45, 7) is 5.81. The second kappa shape index (κ2) is 4.09. The SMILES string of the molecule is CC(C)(C)S(=O)N=C1CC(CCl)C1. The normalized spacial score (nSPS) is 25.2. The van der Waals surface area contributed by atoms with Crippen molar-refractivity contribution in [3.8, 4) is 0 Å². The van der Waals surface area contributed by atoms with Crippen LogP contribution in [0.4, 0.5) is 0 Å². The van der Waals surface area contributed by atoms with E-state index in [4.69, 9.17) is 11.6 Å². The van der Waals surface area contributed by atoms with Crippen LogP contribution in [0, 0.1) is 5.92 Å². The molecule has 0 heterocycles. The Morgan fingerprint density at radius 2 is 2.08 bits per heavy atom. The van der Waals surface area contributed by atoms with E-state index >= 15 is 0 Å². The quantitative estimate of drug-likeness (QED) is 0.659. The molecule has 13 heavy (non-hydrogen) atoms. The third-order valence-electron chi connectivity index (χ3n) is 2.00. The molecule has 76 valence electrons. The van der Waals surface area contributed by atoms with Crippen LogP contribution < -0.4 is 0 Å². The molecular formula is C9H16ClNOS. The zero-order chi connectivity index (χ0) is 10.1. The maximum atomic E-state index is 11.6. The van der Waals surface area contributed by atoms with Crippen molar-refractivity contribution in [3.05, 3.63) is 0 Å². The van der Waals surface area contributed by atoms with Crippen molar-refractivity contribution in [3.63, 3.8) is 0 Å². The molecule has 1 atom stereocenters. The van der Waals surface area contributed by atoms with Gasteiger partial charge in [-0.15, -0.1) is 11.6 Å². The average Bonchev–Trinajstić information content (AvgIpc) is 1.93. The van der Waals surface area contributed by atoms with Gasteiger partial charge in [0.15, 0.2) is 0 Å². The molecule has 1 aliphatic carbocycles. The van der Waals surface area contributed by atoms with Crippen LogP contribution in [0.2, 0.25) is 0 Å². The summed E-state index contributed by atoms with van der Waals surface area (Å²) in [7, 11) is -1.09. The molecule has 0 radical (unpaired) electrons. The van der Waals surface area contributed by atoms with Gasteiger partial charge in [-0.2, -0.15) is 4.40 Å². The molecule has 1 fully saturated rings. The van der Waals surface area contributed by atoms with Gasteiger partial charge in [-0.25, -0.2) is 4.21 Å². The third kappa shape index (κ3) is 3.06. The van der Waals surface area contributed by atoms with E-state index in [2.05, 4.69) is 4.40 Å². The molecule has 0 N–H and O–H groups in total. The Balaban J connectivity index is 2.46. The summed E-state index contributed by atoms with van der Waals surface area (Å²) in [5, 5.41) is 0. The smallest absolute Gasteiger partial charge is 0.144 e. The standard InChI is InChI=1S/C9H16ClNOS/c1-9(2,3)13(12)11-8-4-7(5-8)6-10/h7H,4-6H2,1-3H3. The van der Waals surface area contributed by atoms with E-state index in [1.165, 1.54) is 0 Å². The highest BCUT2D eigenvalue weighted by Gasteiger charge is 2.26. The lowest BCUT2D eigenvalue weighted by Crippen LogP contribution is -2.28. The van der Waals surface area contributed by atoms with Gasteiger partial charge in [-0.05, 0) is 39.5 Å². The van der Waals surface area contributed by atoms with Gasteiger partial charge >= 0.3 is 0 Å². The van der Waals surface area contributed by atoms with Gasteiger partial charge in [0.1, 0.15) is 11.0 Å². The van der Waals surface area contributed by atoms with Crippen molar-refractivity contribution in [1.29, 1.82) is 0 Å². The van der Waals surface area contributed by atoms with E-state index in [1.54, 1.807) is 0 Å². The molecule has 0 aliphatic heterocycles. The van der Waals surface area contributed by atoms with Crippen LogP contribution in [-0.2, 0) is 11.0 Å². The van der Waals surface area contributed by atoms with Gasteiger partial charge in [0.25, 0.3) is 0 Å². The summed E-state index contributed by atoms with van der Waals surface area (Å²) in [5.41, 5.74) is 1.07. The van der Waals surface area contributed by atoms with Crippen LogP contribution in [0.3, 0.4) is 0 Å². The van der Waals surface area contributed by atoms with Gasteiger partial charge in [0.05, 0.1) is 4.75 Å². The molecule has 0 aromatic rings. The third-order valence-corrected chi connectivity index (χ3v) is 3.91. The fourth-order valence-corrected chi connectivity index (χ4v) is 1.92. The number of hydrogen-bond acceptors (Lipinski definition) is 1. The summed E-state index contributed by atoms with van der Waals surface area (Å²) in [5.74, 6) is 1.26. The molecule has 0 spiro atoms. The van der Waals surface area contributed by atoms with Gasteiger partial charge in [-0.3, -0.25) is 0 Å². The van der Waals surface area contributed by atoms with Gasteiger partial charge < -0.3 is 0 Å². The van der Waals surface area contributed by atoms with Gasteiger partial charge in [0.2, 0.25) is 0 Å². The number of nitrogens with zero attached hydrogens (tertiary/aromatic N) is 1. The molecule has 0 saturated heterocycles. The number of rotatable bonds is 2. The van der Waals surface area contributed by atoms with Crippen LogP contribution in [0.25, 0.3) is 0 Å². The maximum Gasteiger partial charge on any atom is 0.144 e. The zero-order valence-electron chi connectivity index (χ0n) is 8.34. The van der Waals surface area contributed by atoms with E-state index in [9.17, 15) is 4.21 Å². The van der Waals surface area contributed by atoms with E-state index < -0.39 is 11.0 Å². The molecule has 1 saturated carbocycles. The number of alkyl halides is 1. The Labute approximate surface area is 87.4 Å². The molecule has 1 unspecified atom stereocenters. The molecule has 2 nitrogen and oxygen atoms in total. The first-order valence-electron chi connectivity index (χ1n) is 4.48. The van der Waals surface area contributed by atoms with E-state index in [-0.39, 0.29) is 4.75 Å². The van der Waals surface area contributed by atoms with Crippen LogP contribution in [0.1, 0.15) is 33.6 Å². The molecule has 0 bridgehead atoms. The van der Waals surface area contributed by atoms with Crippen molar-refractivity contribution < 1.29 is 4.21 Å². The molecule has 0 aromatic carbocycles. The molecule has 4 heteroatoms. The summed E-state index contributed by atoms with van der Waals surface area (Å²) in [6, 6.07) is 0. The Bertz CT molecular complexity index is 236. The zero-order valence-corrected chi connectivity index (χ0v) is 9.91. The lowest BCUT2D eigenvalue weighted by molar-refractivity contribution is 0.562. The lowest BCUT2D eigenvalue weighted by Gasteiger charge is -2.26. The predicted octanol–water partition coefficient (Wildman–Crippen LogP) is 2.54. The minimum atomic E-state index is -1.09. The Kier molecular flexibility index (Phi) is 3.52. The average molecular weight is 222 g/mol. The molecule has 0 aromatic heterocycles. The van der Waals surface area contributed by atoms with Crippen LogP contribution in [0.5, 0.6) is 0 Å². The van der Waals surface area contributed by atoms with Crippen molar-refractivity contribution in [2.24, 2.45) is 10.3 Å². The lowest BCUT2D eigenvalue weighted by atomic mass is 9.85. The fraction of sp³-hybridized carbons (Fsp3) is 0.889. The fourth-order valence-electron chi connectivity index (χ4n) is 1.04. The maximum absolute atomic E-state index is 11.6. The minimum absolute atomic E-state index is 0.237. The van der Waals surface area contributed by atoms with Crippen molar-refractivity contribution in [1.82, 2.24) is 0 Å². The van der Waals surface area contributed by atoms with Crippen LogP contribution in [0.15, 0.2) is 4.40 Å². The van der Waals surface area contributed by atoms with Crippen molar-refractivity contribution in [2.45, 2.75) is 38.4 Å². The van der Waals surface area contributed by atoms with Crippen molar-refractivity contribution in [2.75, 3.05) is 5.88 Å².